The maximum atomic E-state index is 11.2. The number of hydrogen-bond acceptors (Lipinski definition) is 4. The molecule has 0 amide bonds. The Morgan fingerprint density at radius 1 is 1.26 bits per heavy atom. The van der Waals surface area contributed by atoms with Gasteiger partial charge in [0.2, 0.25) is 0 Å². The molecule has 0 atom stereocenters. The third kappa shape index (κ3) is 5.46. The topological polar surface area (TPSA) is 55.8 Å². The first kappa shape index (κ1) is 15.1. The first-order chi connectivity index (χ1) is 8.81. The maximum Gasteiger partial charge on any atom is 0.334 e. The number of carbonyl (C=O) groups excluding carboxylic acids is 1. The van der Waals surface area contributed by atoms with Gasteiger partial charge < -0.3 is 14.6 Å². The summed E-state index contributed by atoms with van der Waals surface area (Å²) in [4.78, 5) is 11.2. The van der Waals surface area contributed by atoms with Crippen LogP contribution in [0.1, 0.15) is 33.3 Å². The zero-order valence-electron chi connectivity index (χ0n) is 11.8. The lowest BCUT2D eigenvalue weighted by Gasteiger charge is -2.21. The molecule has 0 unspecified atom stereocenters. The number of benzene rings is 1. The number of esters is 1. The Hall–Kier alpha value is -1.97. The Labute approximate surface area is 113 Å². The van der Waals surface area contributed by atoms with E-state index in [1.807, 2.05) is 20.8 Å². The number of aliphatic hydroxyl groups is 1. The minimum atomic E-state index is -0.560. The molecule has 0 radical (unpaired) electrons. The van der Waals surface area contributed by atoms with Gasteiger partial charge in [0.1, 0.15) is 17.1 Å². The molecule has 0 aliphatic carbocycles. The van der Waals surface area contributed by atoms with E-state index in [1.54, 1.807) is 31.2 Å². The zero-order chi connectivity index (χ0) is 14.5. The van der Waals surface area contributed by atoms with Gasteiger partial charge in [-0.1, -0.05) is 0 Å². The Bertz CT molecular complexity index is 452. The maximum absolute atomic E-state index is 11.2. The molecule has 1 aromatic rings. The largest absolute Gasteiger partial charge is 0.507 e. The lowest BCUT2D eigenvalue weighted by atomic mass is 10.1. The summed E-state index contributed by atoms with van der Waals surface area (Å²) in [5, 5.41) is 9.76. The second-order valence-electron chi connectivity index (χ2n) is 5.02. The van der Waals surface area contributed by atoms with Gasteiger partial charge in [-0.2, -0.15) is 0 Å². The lowest BCUT2D eigenvalue weighted by Crippen LogP contribution is -2.22. The number of ether oxygens (including phenoxy) is 2. The molecular weight excluding hydrogens is 244 g/mol. The SMILES string of the molecule is CCOC(=O)C=C(O)c1ccc(OC(C)(C)C)cc1. The molecule has 4 heteroatoms. The van der Waals surface area contributed by atoms with Gasteiger partial charge >= 0.3 is 5.97 Å². The van der Waals surface area contributed by atoms with Crippen molar-refractivity contribution in [2.24, 2.45) is 0 Å². The van der Waals surface area contributed by atoms with Gasteiger partial charge in [0, 0.05) is 5.56 Å². The second kappa shape index (κ2) is 6.27. The minimum Gasteiger partial charge on any atom is -0.507 e. The van der Waals surface area contributed by atoms with Gasteiger partial charge in [-0.3, -0.25) is 0 Å². The van der Waals surface area contributed by atoms with Crippen LogP contribution in [0.15, 0.2) is 30.3 Å². The van der Waals surface area contributed by atoms with Crippen molar-refractivity contribution in [1.82, 2.24) is 0 Å². The quantitative estimate of drug-likeness (QED) is 0.515. The van der Waals surface area contributed by atoms with Crippen LogP contribution in [0.25, 0.3) is 5.76 Å². The average Bonchev–Trinajstić information content (AvgIpc) is 2.27. The summed E-state index contributed by atoms with van der Waals surface area (Å²) in [5.74, 6) is 0.0240. The Kier molecular flexibility index (Phi) is 4.98. The molecule has 0 aromatic heterocycles. The highest BCUT2D eigenvalue weighted by Gasteiger charge is 2.11. The van der Waals surface area contributed by atoms with E-state index in [0.29, 0.717) is 11.3 Å². The highest BCUT2D eigenvalue weighted by molar-refractivity contribution is 5.89. The molecule has 0 saturated carbocycles. The minimum absolute atomic E-state index is 0.124. The Morgan fingerprint density at radius 2 is 1.84 bits per heavy atom. The van der Waals surface area contributed by atoms with Crippen LogP contribution in [-0.2, 0) is 9.53 Å². The van der Waals surface area contributed by atoms with Crippen LogP contribution in [0, 0.1) is 0 Å². The van der Waals surface area contributed by atoms with Gasteiger partial charge in [-0.15, -0.1) is 0 Å². The van der Waals surface area contributed by atoms with Crippen molar-refractivity contribution in [2.75, 3.05) is 6.61 Å². The number of carbonyl (C=O) groups is 1. The molecule has 4 nitrogen and oxygen atoms in total. The van der Waals surface area contributed by atoms with Gasteiger partial charge in [0.25, 0.3) is 0 Å². The summed E-state index contributed by atoms with van der Waals surface area (Å²) in [5.41, 5.74) is 0.263. The van der Waals surface area contributed by atoms with E-state index >= 15 is 0 Å². The van der Waals surface area contributed by atoms with E-state index in [4.69, 9.17) is 9.47 Å². The highest BCUT2D eigenvalue weighted by Crippen LogP contribution is 2.21. The van der Waals surface area contributed by atoms with Crippen LogP contribution in [0.5, 0.6) is 5.75 Å². The number of aliphatic hydroxyl groups excluding tert-OH is 1. The van der Waals surface area contributed by atoms with Gasteiger partial charge in [0.05, 0.1) is 12.7 Å². The van der Waals surface area contributed by atoms with Crippen LogP contribution in [0.3, 0.4) is 0 Å². The molecule has 0 saturated heterocycles. The molecule has 104 valence electrons. The van der Waals surface area contributed by atoms with Crippen LogP contribution in [0.4, 0.5) is 0 Å². The van der Waals surface area contributed by atoms with Crippen LogP contribution < -0.4 is 4.74 Å². The predicted molar refractivity (Wildman–Crippen MR) is 74.1 cm³/mol. The molecule has 19 heavy (non-hydrogen) atoms. The summed E-state index contributed by atoms with van der Waals surface area (Å²) >= 11 is 0. The van der Waals surface area contributed by atoms with Crippen molar-refractivity contribution in [3.8, 4) is 5.75 Å². The molecule has 0 heterocycles. The van der Waals surface area contributed by atoms with E-state index in [0.717, 1.165) is 6.08 Å². The normalized spacial score (nSPS) is 12.1. The van der Waals surface area contributed by atoms with Crippen molar-refractivity contribution in [1.29, 1.82) is 0 Å². The molecule has 0 bridgehead atoms. The van der Waals surface area contributed by atoms with Gasteiger partial charge in [0.15, 0.2) is 0 Å². The van der Waals surface area contributed by atoms with E-state index in [2.05, 4.69) is 0 Å². The standard InChI is InChI=1S/C15H20O4/c1-5-18-14(17)10-13(16)11-6-8-12(9-7-11)19-15(2,3)4/h6-10,16H,5H2,1-4H3. The van der Waals surface area contributed by atoms with Gasteiger partial charge in [-0.05, 0) is 52.0 Å². The molecule has 0 spiro atoms. The van der Waals surface area contributed by atoms with Crippen molar-refractivity contribution >= 4 is 11.7 Å². The molecule has 0 fully saturated rings. The van der Waals surface area contributed by atoms with E-state index in [9.17, 15) is 9.90 Å². The van der Waals surface area contributed by atoms with E-state index in [1.165, 1.54) is 0 Å². The summed E-state index contributed by atoms with van der Waals surface area (Å²) in [6, 6.07) is 6.86. The Balaban J connectivity index is 2.78. The lowest BCUT2D eigenvalue weighted by molar-refractivity contribution is -0.137. The first-order valence-corrected chi connectivity index (χ1v) is 6.18. The van der Waals surface area contributed by atoms with Gasteiger partial charge in [-0.25, -0.2) is 4.79 Å². The number of hydrogen-bond donors (Lipinski definition) is 1. The monoisotopic (exact) mass is 264 g/mol. The molecule has 1 N–H and O–H groups in total. The second-order valence-corrected chi connectivity index (χ2v) is 5.02. The fraction of sp³-hybridized carbons (Fsp3) is 0.400. The summed E-state index contributed by atoms with van der Waals surface area (Å²) < 4.78 is 10.4. The zero-order valence-corrected chi connectivity index (χ0v) is 11.8. The van der Waals surface area contributed by atoms with Crippen molar-refractivity contribution in [3.05, 3.63) is 35.9 Å². The number of rotatable bonds is 4. The first-order valence-electron chi connectivity index (χ1n) is 6.18. The highest BCUT2D eigenvalue weighted by atomic mass is 16.5. The fourth-order valence-electron chi connectivity index (χ4n) is 1.43. The van der Waals surface area contributed by atoms with E-state index < -0.39 is 5.97 Å². The fourth-order valence-corrected chi connectivity index (χ4v) is 1.43. The summed E-state index contributed by atoms with van der Waals surface area (Å²) in [6.07, 6.45) is 1.06. The summed E-state index contributed by atoms with van der Waals surface area (Å²) in [6.45, 7) is 7.86. The van der Waals surface area contributed by atoms with Crippen LogP contribution in [0.2, 0.25) is 0 Å². The molecule has 1 aromatic carbocycles. The molecule has 0 aliphatic rings. The smallest absolute Gasteiger partial charge is 0.334 e. The van der Waals surface area contributed by atoms with Crippen LogP contribution >= 0.6 is 0 Å². The van der Waals surface area contributed by atoms with Crippen molar-refractivity contribution in [2.45, 2.75) is 33.3 Å². The third-order valence-electron chi connectivity index (χ3n) is 2.12. The molecular formula is C15H20O4. The summed E-state index contributed by atoms with van der Waals surface area (Å²) in [7, 11) is 0. The molecule has 1 rings (SSSR count). The average molecular weight is 264 g/mol. The molecule has 0 aliphatic heterocycles. The van der Waals surface area contributed by atoms with E-state index in [-0.39, 0.29) is 18.0 Å². The van der Waals surface area contributed by atoms with Crippen molar-refractivity contribution in [3.63, 3.8) is 0 Å². The van der Waals surface area contributed by atoms with Crippen LogP contribution in [-0.4, -0.2) is 23.3 Å². The predicted octanol–water partition coefficient (Wildman–Crippen LogP) is 3.33. The van der Waals surface area contributed by atoms with Crippen molar-refractivity contribution < 1.29 is 19.4 Å². The third-order valence-corrected chi connectivity index (χ3v) is 2.12. The Morgan fingerprint density at radius 3 is 2.32 bits per heavy atom.